The van der Waals surface area contributed by atoms with Crippen LogP contribution in [-0.2, 0) is 10.2 Å². The topological polar surface area (TPSA) is 157 Å². The van der Waals surface area contributed by atoms with Gasteiger partial charge in [0.05, 0.1) is 11.3 Å². The Morgan fingerprint density at radius 3 is 2.23 bits per heavy atom. The van der Waals surface area contributed by atoms with Crippen LogP contribution in [0.1, 0.15) is 69.4 Å². The predicted molar refractivity (Wildman–Crippen MR) is 171 cm³/mol. The van der Waals surface area contributed by atoms with Crippen molar-refractivity contribution in [1.82, 2.24) is 15.3 Å². The quantitative estimate of drug-likeness (QED) is 0.169. The van der Waals surface area contributed by atoms with E-state index in [1.807, 2.05) is 45.9 Å². The molecule has 0 radical (unpaired) electrons. The molecule has 230 valence electrons. The number of aromatic carboxylic acids is 1. The van der Waals surface area contributed by atoms with Crippen molar-refractivity contribution in [1.29, 1.82) is 0 Å². The maximum Gasteiger partial charge on any atom is 0.335 e. The average Bonchev–Trinajstić information content (AvgIpc) is 2.99. The number of rotatable bonds is 10. The summed E-state index contributed by atoms with van der Waals surface area (Å²) in [6.45, 7) is 9.03. The SMILES string of the molecule is CC(C)(C)c1ccccc1C(=O)O.COCCCNC(=O)c1ccc(Nc2nccc(-c3cccc(C(N)=O)c3C)n2)cc1. The Hall–Kier alpha value is -5.09. The molecule has 10 heteroatoms. The van der Waals surface area contributed by atoms with Gasteiger partial charge in [-0.2, -0.15) is 0 Å². The minimum Gasteiger partial charge on any atom is -0.478 e. The molecule has 0 aliphatic heterocycles. The molecule has 0 atom stereocenters. The Balaban J connectivity index is 0.000000340. The highest BCUT2D eigenvalue weighted by atomic mass is 16.5. The van der Waals surface area contributed by atoms with E-state index in [9.17, 15) is 14.4 Å². The molecule has 2 amide bonds. The van der Waals surface area contributed by atoms with Gasteiger partial charge in [-0.3, -0.25) is 9.59 Å². The van der Waals surface area contributed by atoms with Gasteiger partial charge in [-0.25, -0.2) is 14.8 Å². The maximum atomic E-state index is 12.2. The lowest BCUT2D eigenvalue weighted by Gasteiger charge is -2.20. The summed E-state index contributed by atoms with van der Waals surface area (Å²) in [5.74, 6) is -1.07. The van der Waals surface area contributed by atoms with E-state index < -0.39 is 11.9 Å². The molecule has 0 saturated heterocycles. The molecule has 0 aliphatic rings. The second kappa shape index (κ2) is 15.4. The number of hydrogen-bond acceptors (Lipinski definition) is 7. The minimum atomic E-state index is -0.856. The maximum absolute atomic E-state index is 12.2. The Morgan fingerprint density at radius 1 is 0.932 bits per heavy atom. The van der Waals surface area contributed by atoms with Crippen molar-refractivity contribution in [2.24, 2.45) is 5.73 Å². The summed E-state index contributed by atoms with van der Waals surface area (Å²) < 4.78 is 4.97. The van der Waals surface area contributed by atoms with Crippen LogP contribution in [0, 0.1) is 6.92 Å². The van der Waals surface area contributed by atoms with Crippen LogP contribution in [0.3, 0.4) is 0 Å². The van der Waals surface area contributed by atoms with Crippen molar-refractivity contribution in [2.75, 3.05) is 25.6 Å². The highest BCUT2D eigenvalue weighted by Crippen LogP contribution is 2.26. The Morgan fingerprint density at radius 2 is 1.61 bits per heavy atom. The molecule has 10 nitrogen and oxygen atoms in total. The average molecular weight is 598 g/mol. The van der Waals surface area contributed by atoms with Crippen LogP contribution in [0.15, 0.2) is 79.0 Å². The van der Waals surface area contributed by atoms with Crippen molar-refractivity contribution in [3.63, 3.8) is 0 Å². The molecule has 0 spiro atoms. The van der Waals surface area contributed by atoms with Gasteiger partial charge >= 0.3 is 5.97 Å². The highest BCUT2D eigenvalue weighted by Gasteiger charge is 2.20. The highest BCUT2D eigenvalue weighted by molar-refractivity contribution is 5.96. The van der Waals surface area contributed by atoms with E-state index >= 15 is 0 Å². The summed E-state index contributed by atoms with van der Waals surface area (Å²) in [5.41, 5.74) is 10.6. The molecule has 0 fully saturated rings. The molecule has 5 N–H and O–H groups in total. The number of carboxylic acids is 1. The van der Waals surface area contributed by atoms with Crippen LogP contribution in [0.2, 0.25) is 0 Å². The number of nitrogens with one attached hydrogen (secondary N) is 2. The molecule has 0 aliphatic carbocycles. The molecule has 3 aromatic carbocycles. The van der Waals surface area contributed by atoms with Crippen molar-refractivity contribution in [3.05, 3.63) is 107 Å². The second-order valence-corrected chi connectivity index (χ2v) is 11.0. The normalized spacial score (nSPS) is 10.8. The number of carboxylic acid groups (broad SMARTS) is 1. The summed E-state index contributed by atoms with van der Waals surface area (Å²) in [7, 11) is 1.63. The smallest absolute Gasteiger partial charge is 0.335 e. The first-order valence-electron chi connectivity index (χ1n) is 14.1. The fraction of sp³-hybridized carbons (Fsp3) is 0.265. The van der Waals surface area contributed by atoms with Crippen LogP contribution in [-0.4, -0.2) is 53.1 Å². The fourth-order valence-electron chi connectivity index (χ4n) is 4.43. The summed E-state index contributed by atoms with van der Waals surface area (Å²) in [6, 6.07) is 21.3. The zero-order chi connectivity index (χ0) is 32.3. The molecular weight excluding hydrogens is 558 g/mol. The number of ether oxygens (including phenoxy) is 1. The third kappa shape index (κ3) is 9.20. The minimum absolute atomic E-state index is 0.116. The summed E-state index contributed by atoms with van der Waals surface area (Å²) in [6.07, 6.45) is 2.40. The lowest BCUT2D eigenvalue weighted by atomic mass is 9.84. The second-order valence-electron chi connectivity index (χ2n) is 11.0. The van der Waals surface area contributed by atoms with E-state index in [1.165, 1.54) is 0 Å². The van der Waals surface area contributed by atoms with E-state index in [4.69, 9.17) is 15.6 Å². The van der Waals surface area contributed by atoms with Crippen molar-refractivity contribution in [3.8, 4) is 11.3 Å². The van der Waals surface area contributed by atoms with Crippen LogP contribution >= 0.6 is 0 Å². The first-order valence-corrected chi connectivity index (χ1v) is 14.1. The van der Waals surface area contributed by atoms with E-state index in [-0.39, 0.29) is 11.3 Å². The number of benzene rings is 3. The van der Waals surface area contributed by atoms with E-state index in [0.717, 1.165) is 28.8 Å². The van der Waals surface area contributed by atoms with Crippen LogP contribution in [0.5, 0.6) is 0 Å². The number of nitrogens with two attached hydrogens (primary N) is 1. The molecule has 1 aromatic heterocycles. The number of hydrogen-bond donors (Lipinski definition) is 4. The van der Waals surface area contributed by atoms with Crippen molar-refractivity contribution >= 4 is 29.4 Å². The number of aromatic nitrogens is 2. The molecule has 4 aromatic rings. The van der Waals surface area contributed by atoms with Crippen molar-refractivity contribution in [2.45, 2.75) is 39.5 Å². The Kier molecular flexibility index (Phi) is 11.7. The number of carbonyl (C=O) groups is 3. The molecule has 0 bridgehead atoms. The number of methoxy groups -OCH3 is 1. The summed E-state index contributed by atoms with van der Waals surface area (Å²) >= 11 is 0. The van der Waals surface area contributed by atoms with E-state index in [1.54, 1.807) is 67.9 Å². The molecule has 44 heavy (non-hydrogen) atoms. The first-order chi connectivity index (χ1) is 20.9. The zero-order valence-corrected chi connectivity index (χ0v) is 25.7. The van der Waals surface area contributed by atoms with Crippen LogP contribution in [0.4, 0.5) is 11.6 Å². The Labute approximate surface area is 257 Å². The van der Waals surface area contributed by atoms with Gasteiger partial charge in [-0.1, -0.05) is 51.1 Å². The molecular formula is C34H39N5O5. The molecule has 0 unspecified atom stereocenters. The van der Waals surface area contributed by atoms with Gasteiger partial charge in [0.25, 0.3) is 5.91 Å². The van der Waals surface area contributed by atoms with E-state index in [0.29, 0.717) is 41.5 Å². The van der Waals surface area contributed by atoms with Crippen molar-refractivity contribution < 1.29 is 24.2 Å². The number of primary amides is 1. The fourth-order valence-corrected chi connectivity index (χ4v) is 4.43. The first kappa shape index (κ1) is 33.4. The standard InChI is InChI=1S/C23H25N5O3.C11H14O2/c1-15-18(5-3-6-19(15)21(24)29)20-11-13-26-23(28-20)27-17-9-7-16(8-10-17)22(30)25-12-4-14-31-2;1-11(2,3)9-7-5-4-6-8(9)10(12)13/h3,5-11,13H,4,12,14H2,1-2H3,(H2,24,29)(H,25,30)(H,26,27,28);4-7H,1-3H3,(H,12,13). The summed E-state index contributed by atoms with van der Waals surface area (Å²) in [5, 5.41) is 14.9. The lowest BCUT2D eigenvalue weighted by Crippen LogP contribution is -2.25. The van der Waals surface area contributed by atoms with Crippen LogP contribution < -0.4 is 16.4 Å². The molecule has 0 saturated carbocycles. The third-order valence-electron chi connectivity index (χ3n) is 6.71. The molecule has 1 heterocycles. The lowest BCUT2D eigenvalue weighted by molar-refractivity contribution is 0.0693. The number of anilines is 2. The number of carbonyl (C=O) groups excluding carboxylic acids is 2. The molecule has 4 rings (SSSR count). The van der Waals surface area contributed by atoms with Gasteiger partial charge in [0, 0.05) is 48.8 Å². The summed E-state index contributed by atoms with van der Waals surface area (Å²) in [4.78, 5) is 43.5. The largest absolute Gasteiger partial charge is 0.478 e. The van der Waals surface area contributed by atoms with Gasteiger partial charge in [0.2, 0.25) is 11.9 Å². The Bertz CT molecular complexity index is 1600. The zero-order valence-electron chi connectivity index (χ0n) is 25.7. The van der Waals surface area contributed by atoms with E-state index in [2.05, 4.69) is 20.6 Å². The van der Waals surface area contributed by atoms with Gasteiger partial charge in [-0.15, -0.1) is 0 Å². The predicted octanol–water partition coefficient (Wildman–Crippen LogP) is 5.74. The number of nitrogens with zero attached hydrogens (tertiary/aromatic N) is 2. The van der Waals surface area contributed by atoms with Gasteiger partial charge in [0.1, 0.15) is 0 Å². The van der Waals surface area contributed by atoms with Crippen LogP contribution in [0.25, 0.3) is 11.3 Å². The number of amides is 2. The monoisotopic (exact) mass is 597 g/mol. The van der Waals surface area contributed by atoms with Gasteiger partial charge < -0.3 is 26.2 Å². The third-order valence-corrected chi connectivity index (χ3v) is 6.71. The van der Waals surface area contributed by atoms with Gasteiger partial charge in [-0.05, 0) is 72.4 Å². The van der Waals surface area contributed by atoms with Gasteiger partial charge in [0.15, 0.2) is 0 Å².